The zero-order valence-electron chi connectivity index (χ0n) is 27.0. The molecule has 0 saturated heterocycles. The van der Waals surface area contributed by atoms with E-state index >= 15 is 0 Å². The second-order valence-electron chi connectivity index (χ2n) is 11.0. The van der Waals surface area contributed by atoms with Crippen molar-refractivity contribution in [1.82, 2.24) is 4.57 Å². The monoisotopic (exact) mass is 735 g/mol. The van der Waals surface area contributed by atoms with Crippen LogP contribution in [-0.2, 0) is 16.1 Å². The van der Waals surface area contributed by atoms with Crippen LogP contribution in [0.3, 0.4) is 0 Å². The molecule has 250 valence electrons. The van der Waals surface area contributed by atoms with Crippen LogP contribution in [0.1, 0.15) is 57.4 Å². The number of aromatic nitrogens is 1. The summed E-state index contributed by atoms with van der Waals surface area (Å²) in [5, 5.41) is 11.2. The lowest BCUT2D eigenvalue weighted by Crippen LogP contribution is -2.40. The van der Waals surface area contributed by atoms with Gasteiger partial charge in [0.2, 0.25) is 0 Å². The maximum absolute atomic E-state index is 14.2. The molecule has 11 nitrogen and oxygen atoms in total. The van der Waals surface area contributed by atoms with Crippen molar-refractivity contribution in [1.29, 1.82) is 0 Å². The zero-order chi connectivity index (χ0) is 34.5. The number of allylic oxidation sites excluding steroid dienone is 1. The van der Waals surface area contributed by atoms with E-state index in [1.54, 1.807) is 44.2 Å². The first kappa shape index (κ1) is 34.6. The molecule has 5 rings (SSSR count). The molecular formula is C35H34BrN3O8S. The Bertz CT molecular complexity index is 2090. The third-order valence-corrected chi connectivity index (χ3v) is 8.80. The molecule has 4 aromatic rings. The Hall–Kier alpha value is -4.75. The van der Waals surface area contributed by atoms with Crippen LogP contribution in [-0.4, -0.2) is 34.8 Å². The second-order valence-corrected chi connectivity index (χ2v) is 12.8. The summed E-state index contributed by atoms with van der Waals surface area (Å²) in [6.07, 6.45) is 1.59. The SMILES string of the molecule is CCOC(=O)C1=C(C)N=c2s/c(=C/c3cc(Br)c(OCc4cccc([N+](=O)[O-])c4)c(OCC)c3)c(=O)n2[C@H]1c1ccccc1OC(C)C. The maximum atomic E-state index is 14.2. The first-order valence-electron chi connectivity index (χ1n) is 15.3. The number of fused-ring (bicyclic) bond motifs is 1. The number of rotatable bonds is 12. The molecule has 0 unspecified atom stereocenters. The van der Waals surface area contributed by atoms with Crippen molar-refractivity contribution in [2.24, 2.45) is 4.99 Å². The Morgan fingerprint density at radius 3 is 2.56 bits per heavy atom. The van der Waals surface area contributed by atoms with Gasteiger partial charge in [0, 0.05) is 17.7 Å². The van der Waals surface area contributed by atoms with E-state index in [4.69, 9.17) is 18.9 Å². The number of benzene rings is 3. The number of esters is 1. The highest BCUT2D eigenvalue weighted by molar-refractivity contribution is 9.10. The maximum Gasteiger partial charge on any atom is 0.338 e. The summed E-state index contributed by atoms with van der Waals surface area (Å²) in [6.45, 7) is 9.71. The average Bonchev–Trinajstić information content (AvgIpc) is 3.34. The van der Waals surface area contributed by atoms with Gasteiger partial charge >= 0.3 is 5.97 Å². The van der Waals surface area contributed by atoms with E-state index in [1.807, 2.05) is 45.0 Å². The van der Waals surface area contributed by atoms with Crippen LogP contribution in [0, 0.1) is 10.1 Å². The number of hydrogen-bond acceptors (Lipinski definition) is 10. The van der Waals surface area contributed by atoms with Crippen molar-refractivity contribution in [3.63, 3.8) is 0 Å². The molecule has 3 aromatic carbocycles. The number of halogens is 1. The number of carbonyl (C=O) groups excluding carboxylic acids is 1. The molecule has 0 aliphatic carbocycles. The Kier molecular flexibility index (Phi) is 10.8. The predicted molar refractivity (Wildman–Crippen MR) is 185 cm³/mol. The van der Waals surface area contributed by atoms with Crippen LogP contribution in [0.15, 0.2) is 86.2 Å². The number of thiazole rings is 1. The number of non-ortho nitro benzene ring substituents is 1. The van der Waals surface area contributed by atoms with E-state index < -0.39 is 16.9 Å². The van der Waals surface area contributed by atoms with Crippen molar-refractivity contribution >= 4 is 45.0 Å². The van der Waals surface area contributed by atoms with Crippen molar-refractivity contribution in [2.45, 2.75) is 53.4 Å². The van der Waals surface area contributed by atoms with E-state index in [9.17, 15) is 19.7 Å². The normalized spacial score (nSPS) is 14.4. The average molecular weight is 737 g/mol. The molecule has 1 aliphatic rings. The molecule has 13 heteroatoms. The number of nitrogens with zero attached hydrogens (tertiary/aromatic N) is 3. The third-order valence-electron chi connectivity index (χ3n) is 7.23. The molecule has 0 fully saturated rings. The predicted octanol–water partition coefficient (Wildman–Crippen LogP) is 6.23. The first-order valence-corrected chi connectivity index (χ1v) is 16.9. The number of hydrogen-bond donors (Lipinski definition) is 0. The number of nitro groups is 1. The second kappa shape index (κ2) is 15.0. The molecule has 0 radical (unpaired) electrons. The van der Waals surface area contributed by atoms with Gasteiger partial charge in [0.15, 0.2) is 16.3 Å². The van der Waals surface area contributed by atoms with Crippen molar-refractivity contribution < 1.29 is 28.7 Å². The lowest BCUT2D eigenvalue weighted by Gasteiger charge is -2.26. The molecule has 48 heavy (non-hydrogen) atoms. The molecule has 0 N–H and O–H groups in total. The molecule has 0 bridgehead atoms. The summed E-state index contributed by atoms with van der Waals surface area (Å²) < 4.78 is 26.0. The van der Waals surface area contributed by atoms with Gasteiger partial charge in [-0.1, -0.05) is 41.7 Å². The third kappa shape index (κ3) is 7.37. The summed E-state index contributed by atoms with van der Waals surface area (Å²) in [5.74, 6) is 0.839. The Morgan fingerprint density at radius 2 is 1.85 bits per heavy atom. The minimum atomic E-state index is -0.826. The van der Waals surface area contributed by atoms with Crippen molar-refractivity contribution in [3.05, 3.63) is 123 Å². The Balaban J connectivity index is 1.59. The van der Waals surface area contributed by atoms with Crippen LogP contribution in [0.5, 0.6) is 17.2 Å². The van der Waals surface area contributed by atoms with Crippen LogP contribution in [0.2, 0.25) is 0 Å². The van der Waals surface area contributed by atoms with E-state index in [2.05, 4.69) is 20.9 Å². The van der Waals surface area contributed by atoms with Crippen LogP contribution >= 0.6 is 27.3 Å². The van der Waals surface area contributed by atoms with Crippen LogP contribution in [0.25, 0.3) is 6.08 Å². The van der Waals surface area contributed by atoms with Gasteiger partial charge in [0.25, 0.3) is 11.2 Å². The fourth-order valence-electron chi connectivity index (χ4n) is 5.29. The summed E-state index contributed by atoms with van der Waals surface area (Å²) in [5.41, 5.74) is 2.27. The minimum absolute atomic E-state index is 0.0280. The van der Waals surface area contributed by atoms with E-state index in [0.29, 0.717) is 60.0 Å². The van der Waals surface area contributed by atoms with E-state index in [-0.39, 0.29) is 36.1 Å². The number of nitro benzene ring substituents is 1. The lowest BCUT2D eigenvalue weighted by molar-refractivity contribution is -0.384. The van der Waals surface area contributed by atoms with Gasteiger partial charge in [0.05, 0.1) is 44.5 Å². The Labute approximate surface area is 289 Å². The molecule has 2 heterocycles. The number of para-hydroxylation sites is 1. The van der Waals surface area contributed by atoms with Gasteiger partial charge in [-0.05, 0) is 86.0 Å². The van der Waals surface area contributed by atoms with Gasteiger partial charge in [-0.2, -0.15) is 0 Å². The topological polar surface area (TPSA) is 131 Å². The summed E-state index contributed by atoms with van der Waals surface area (Å²) in [7, 11) is 0. The summed E-state index contributed by atoms with van der Waals surface area (Å²) in [4.78, 5) is 43.4. The smallest absolute Gasteiger partial charge is 0.338 e. The van der Waals surface area contributed by atoms with Crippen LogP contribution in [0.4, 0.5) is 5.69 Å². The molecule has 0 spiro atoms. The first-order chi connectivity index (χ1) is 23.0. The highest BCUT2D eigenvalue weighted by atomic mass is 79.9. The van der Waals surface area contributed by atoms with E-state index in [1.165, 1.54) is 28.0 Å². The lowest BCUT2D eigenvalue weighted by atomic mass is 9.95. The van der Waals surface area contributed by atoms with Crippen molar-refractivity contribution in [2.75, 3.05) is 13.2 Å². The molecule has 1 atom stereocenters. The number of ether oxygens (including phenoxy) is 4. The van der Waals surface area contributed by atoms with Gasteiger partial charge in [-0.15, -0.1) is 0 Å². The molecule has 1 aliphatic heterocycles. The van der Waals surface area contributed by atoms with Gasteiger partial charge in [0.1, 0.15) is 18.4 Å². The fourth-order valence-corrected chi connectivity index (χ4v) is 6.92. The van der Waals surface area contributed by atoms with E-state index in [0.717, 1.165) is 0 Å². The zero-order valence-corrected chi connectivity index (χ0v) is 29.4. The van der Waals surface area contributed by atoms with Crippen molar-refractivity contribution in [3.8, 4) is 17.2 Å². The largest absolute Gasteiger partial charge is 0.491 e. The summed E-state index contributed by atoms with van der Waals surface area (Å²) >= 11 is 4.78. The standard InChI is InChI=1S/C35H34BrN3O8S/c1-6-44-28-17-23(16-26(36)32(28)46-19-22-11-10-12-24(15-22)39(42)43)18-29-33(40)38-31(25-13-8-9-14-27(25)47-20(3)4)30(34(41)45-7-2)21(5)37-35(38)48-29/h8-18,20,31H,6-7,19H2,1-5H3/b29-18+/t31-/m0/s1. The van der Waals surface area contributed by atoms with Crippen LogP contribution < -0.4 is 29.1 Å². The molecular weight excluding hydrogens is 702 g/mol. The quantitative estimate of drug-likeness (QED) is 0.0951. The molecule has 1 aromatic heterocycles. The van der Waals surface area contributed by atoms with Gasteiger partial charge in [-0.25, -0.2) is 9.79 Å². The number of carbonyl (C=O) groups is 1. The Morgan fingerprint density at radius 1 is 1.08 bits per heavy atom. The van der Waals surface area contributed by atoms with Gasteiger partial charge in [-0.3, -0.25) is 19.5 Å². The highest BCUT2D eigenvalue weighted by Gasteiger charge is 2.35. The molecule has 0 amide bonds. The fraction of sp³-hybridized carbons (Fsp3) is 0.286. The molecule has 0 saturated carbocycles. The highest BCUT2D eigenvalue weighted by Crippen LogP contribution is 2.39. The minimum Gasteiger partial charge on any atom is -0.491 e. The summed E-state index contributed by atoms with van der Waals surface area (Å²) in [6, 6.07) is 16.3. The van der Waals surface area contributed by atoms with Gasteiger partial charge < -0.3 is 18.9 Å².